The van der Waals surface area contributed by atoms with Gasteiger partial charge in [-0.2, -0.15) is 0 Å². The van der Waals surface area contributed by atoms with E-state index in [1.807, 2.05) is 12.1 Å². The van der Waals surface area contributed by atoms with E-state index in [4.69, 9.17) is 5.73 Å². The normalized spacial score (nSPS) is 11.0. The molecule has 0 fully saturated rings. The first-order valence-corrected chi connectivity index (χ1v) is 7.03. The summed E-state index contributed by atoms with van der Waals surface area (Å²) in [4.78, 5) is 12.8. The van der Waals surface area contributed by atoms with Crippen molar-refractivity contribution in [2.24, 2.45) is 0 Å². The molecular formula is C17H12FN5. The largest absolute Gasteiger partial charge is 0.369 e. The van der Waals surface area contributed by atoms with Gasteiger partial charge < -0.3 is 5.73 Å². The van der Waals surface area contributed by atoms with Crippen LogP contribution in [0.5, 0.6) is 0 Å². The number of nitrogens with two attached hydrogens (primary N) is 1. The molecule has 2 N–H and O–H groups in total. The maximum absolute atomic E-state index is 14.0. The Labute approximate surface area is 131 Å². The Kier molecular flexibility index (Phi) is 3.01. The monoisotopic (exact) mass is 305 g/mol. The van der Waals surface area contributed by atoms with Gasteiger partial charge in [0.15, 0.2) is 0 Å². The first-order chi connectivity index (χ1) is 11.2. The minimum atomic E-state index is -0.326. The van der Waals surface area contributed by atoms with E-state index >= 15 is 0 Å². The highest BCUT2D eigenvalue weighted by molar-refractivity contribution is 5.80. The lowest BCUT2D eigenvalue weighted by atomic mass is 10.1. The molecule has 0 atom stereocenters. The molecule has 23 heavy (non-hydrogen) atoms. The molecule has 6 heteroatoms. The molecule has 0 aliphatic rings. The van der Waals surface area contributed by atoms with Gasteiger partial charge in [-0.1, -0.05) is 12.1 Å². The number of halogens is 1. The Morgan fingerprint density at radius 3 is 2.57 bits per heavy atom. The zero-order valence-corrected chi connectivity index (χ0v) is 12.0. The average molecular weight is 305 g/mol. The van der Waals surface area contributed by atoms with Gasteiger partial charge in [-0.15, -0.1) is 0 Å². The molecule has 0 aliphatic heterocycles. The van der Waals surface area contributed by atoms with Crippen molar-refractivity contribution in [3.63, 3.8) is 0 Å². The maximum Gasteiger partial charge on any atom is 0.206 e. The van der Waals surface area contributed by atoms with Crippen molar-refractivity contribution in [3.05, 3.63) is 67.0 Å². The molecule has 3 heterocycles. The van der Waals surface area contributed by atoms with Gasteiger partial charge in [0.05, 0.1) is 5.69 Å². The van der Waals surface area contributed by atoms with E-state index in [2.05, 4.69) is 15.0 Å². The summed E-state index contributed by atoms with van der Waals surface area (Å²) in [5, 5.41) is 0. The van der Waals surface area contributed by atoms with Gasteiger partial charge in [0.2, 0.25) is 5.95 Å². The van der Waals surface area contributed by atoms with Gasteiger partial charge in [-0.25, -0.2) is 14.4 Å². The van der Waals surface area contributed by atoms with Gasteiger partial charge in [0.25, 0.3) is 0 Å². The Hall–Kier alpha value is -3.28. The minimum Gasteiger partial charge on any atom is -0.369 e. The Bertz CT molecular complexity index is 994. The van der Waals surface area contributed by atoms with Crippen molar-refractivity contribution in [2.45, 2.75) is 0 Å². The lowest BCUT2D eigenvalue weighted by Gasteiger charge is -2.04. The Morgan fingerprint density at radius 1 is 1.00 bits per heavy atom. The van der Waals surface area contributed by atoms with E-state index < -0.39 is 0 Å². The van der Waals surface area contributed by atoms with Crippen molar-refractivity contribution < 1.29 is 4.39 Å². The van der Waals surface area contributed by atoms with Gasteiger partial charge in [-0.3, -0.25) is 9.38 Å². The fourth-order valence-electron chi connectivity index (χ4n) is 2.53. The Balaban J connectivity index is 1.98. The van der Waals surface area contributed by atoms with E-state index in [-0.39, 0.29) is 5.82 Å². The summed E-state index contributed by atoms with van der Waals surface area (Å²) in [7, 11) is 0. The third-order valence-electron chi connectivity index (χ3n) is 3.66. The smallest absolute Gasteiger partial charge is 0.206 e. The van der Waals surface area contributed by atoms with Crippen LogP contribution < -0.4 is 5.73 Å². The molecule has 1 aromatic carbocycles. The maximum atomic E-state index is 14.0. The standard InChI is InChI=1S/C17H12FN5/c18-14-4-2-1-3-12(14)15-10-23-16(22-15)13(9-21-17(23)19)11-5-7-20-8-6-11/h1-10H,(H2,19,21). The topological polar surface area (TPSA) is 69.1 Å². The van der Waals surface area contributed by atoms with Gasteiger partial charge in [-0.05, 0) is 29.8 Å². The van der Waals surface area contributed by atoms with Gasteiger partial charge in [0, 0.05) is 35.9 Å². The molecule has 3 aromatic heterocycles. The molecule has 0 spiro atoms. The second-order valence-electron chi connectivity index (χ2n) is 5.07. The summed E-state index contributed by atoms with van der Waals surface area (Å²) in [6.07, 6.45) is 6.75. The predicted molar refractivity (Wildman–Crippen MR) is 86.0 cm³/mol. The molecular weight excluding hydrogens is 293 g/mol. The molecule has 0 unspecified atom stereocenters. The fraction of sp³-hybridized carbons (Fsp3) is 0. The van der Waals surface area contributed by atoms with E-state index in [9.17, 15) is 4.39 Å². The first kappa shape index (κ1) is 13.4. The number of imidazole rings is 1. The van der Waals surface area contributed by atoms with Crippen molar-refractivity contribution in [2.75, 3.05) is 5.73 Å². The third kappa shape index (κ3) is 2.20. The lowest BCUT2D eigenvalue weighted by Crippen LogP contribution is -2.00. The highest BCUT2D eigenvalue weighted by Gasteiger charge is 2.14. The summed E-state index contributed by atoms with van der Waals surface area (Å²) in [6.45, 7) is 0. The van der Waals surface area contributed by atoms with E-state index in [1.165, 1.54) is 6.07 Å². The quantitative estimate of drug-likeness (QED) is 0.617. The van der Waals surface area contributed by atoms with Gasteiger partial charge in [0.1, 0.15) is 11.5 Å². The molecule has 112 valence electrons. The fourth-order valence-corrected chi connectivity index (χ4v) is 2.53. The molecule has 0 aliphatic carbocycles. The van der Waals surface area contributed by atoms with Crippen molar-refractivity contribution in [1.82, 2.24) is 19.4 Å². The average Bonchev–Trinajstić information content (AvgIpc) is 3.02. The summed E-state index contributed by atoms with van der Waals surface area (Å²) in [5.74, 6) is -0.0270. The second-order valence-corrected chi connectivity index (χ2v) is 5.07. The number of nitrogens with zero attached hydrogens (tertiary/aromatic N) is 4. The van der Waals surface area contributed by atoms with Crippen molar-refractivity contribution in [3.8, 4) is 22.4 Å². The summed E-state index contributed by atoms with van der Waals surface area (Å²) < 4.78 is 15.7. The van der Waals surface area contributed by atoms with Crippen LogP contribution in [0.25, 0.3) is 28.0 Å². The number of nitrogen functional groups attached to an aromatic ring is 1. The van der Waals surface area contributed by atoms with E-state index in [0.717, 1.165) is 11.1 Å². The number of aromatic nitrogens is 4. The number of hydrogen-bond donors (Lipinski definition) is 1. The number of rotatable bonds is 2. The van der Waals surface area contributed by atoms with Crippen LogP contribution in [0.1, 0.15) is 0 Å². The number of hydrogen-bond acceptors (Lipinski definition) is 4. The second kappa shape index (κ2) is 5.17. The van der Waals surface area contributed by atoms with Crippen LogP contribution in [0, 0.1) is 5.82 Å². The molecule has 0 bridgehead atoms. The summed E-state index contributed by atoms with van der Waals surface area (Å²) in [5.41, 5.74) is 9.23. The number of anilines is 1. The van der Waals surface area contributed by atoms with E-state index in [0.29, 0.717) is 22.9 Å². The van der Waals surface area contributed by atoms with Crippen LogP contribution in [-0.2, 0) is 0 Å². The van der Waals surface area contributed by atoms with Crippen LogP contribution in [0.15, 0.2) is 61.2 Å². The zero-order chi connectivity index (χ0) is 15.8. The summed E-state index contributed by atoms with van der Waals surface area (Å²) in [6, 6.07) is 10.2. The minimum absolute atomic E-state index is 0.299. The van der Waals surface area contributed by atoms with E-state index in [1.54, 1.807) is 47.4 Å². The van der Waals surface area contributed by atoms with Crippen LogP contribution in [-0.4, -0.2) is 19.4 Å². The molecule has 4 aromatic rings. The molecule has 4 rings (SSSR count). The highest BCUT2D eigenvalue weighted by Crippen LogP contribution is 2.28. The SMILES string of the molecule is Nc1ncc(-c2ccncc2)c2nc(-c3ccccc3F)cn12. The predicted octanol–water partition coefficient (Wildman–Crippen LogP) is 3.18. The molecule has 0 amide bonds. The number of pyridine rings is 1. The highest BCUT2D eigenvalue weighted by atomic mass is 19.1. The first-order valence-electron chi connectivity index (χ1n) is 7.03. The molecule has 5 nitrogen and oxygen atoms in total. The number of fused-ring (bicyclic) bond motifs is 1. The Morgan fingerprint density at radius 2 is 1.78 bits per heavy atom. The zero-order valence-electron chi connectivity index (χ0n) is 12.0. The van der Waals surface area contributed by atoms with Crippen LogP contribution in [0.4, 0.5) is 10.3 Å². The molecule has 0 saturated heterocycles. The molecule has 0 saturated carbocycles. The number of benzene rings is 1. The lowest BCUT2D eigenvalue weighted by molar-refractivity contribution is 0.631. The summed E-state index contributed by atoms with van der Waals surface area (Å²) >= 11 is 0. The van der Waals surface area contributed by atoms with Crippen molar-refractivity contribution in [1.29, 1.82) is 0 Å². The van der Waals surface area contributed by atoms with Crippen LogP contribution in [0.2, 0.25) is 0 Å². The van der Waals surface area contributed by atoms with Crippen LogP contribution >= 0.6 is 0 Å². The van der Waals surface area contributed by atoms with Gasteiger partial charge >= 0.3 is 0 Å². The third-order valence-corrected chi connectivity index (χ3v) is 3.66. The van der Waals surface area contributed by atoms with Crippen LogP contribution in [0.3, 0.4) is 0 Å². The van der Waals surface area contributed by atoms with Crippen molar-refractivity contribution >= 4 is 11.6 Å². The molecule has 0 radical (unpaired) electrons.